The number of benzene rings is 3. The lowest BCUT2D eigenvalue weighted by Crippen LogP contribution is -2.39. The summed E-state index contributed by atoms with van der Waals surface area (Å²) in [7, 11) is 0. The number of rotatable bonds is 2. The fourth-order valence-corrected chi connectivity index (χ4v) is 6.74. The molecule has 37 heavy (non-hydrogen) atoms. The molecule has 0 amide bonds. The van der Waals surface area contributed by atoms with Crippen molar-refractivity contribution in [2.24, 2.45) is 0 Å². The van der Waals surface area contributed by atoms with Gasteiger partial charge in [0, 0.05) is 40.6 Å². The Morgan fingerprint density at radius 3 is 2.32 bits per heavy atom. The fourth-order valence-electron chi connectivity index (χ4n) is 6.74. The second kappa shape index (κ2) is 7.98. The van der Waals surface area contributed by atoms with E-state index in [9.17, 15) is 0 Å². The van der Waals surface area contributed by atoms with Gasteiger partial charge in [-0.25, -0.2) is 5.21 Å². The Morgan fingerprint density at radius 2 is 1.59 bits per heavy atom. The molecule has 1 saturated heterocycles. The van der Waals surface area contributed by atoms with Gasteiger partial charge < -0.3 is 14.8 Å². The van der Waals surface area contributed by atoms with Crippen molar-refractivity contribution in [2.45, 2.75) is 43.1 Å². The van der Waals surface area contributed by atoms with Crippen LogP contribution in [0.2, 0.25) is 0 Å². The summed E-state index contributed by atoms with van der Waals surface area (Å²) in [6.07, 6.45) is 8.91. The summed E-state index contributed by atoms with van der Waals surface area (Å²) in [5.74, 6) is 4.81. The third kappa shape index (κ3) is 2.99. The van der Waals surface area contributed by atoms with Crippen molar-refractivity contribution in [3.8, 4) is 17.2 Å². The first-order valence-corrected chi connectivity index (χ1v) is 13.3. The maximum absolute atomic E-state index is 6.66. The van der Waals surface area contributed by atoms with Crippen LogP contribution in [0.25, 0.3) is 0 Å². The normalized spacial score (nSPS) is 25.5. The van der Waals surface area contributed by atoms with Crippen LogP contribution in [0.1, 0.15) is 65.7 Å². The molecule has 3 unspecified atom stereocenters. The van der Waals surface area contributed by atoms with Gasteiger partial charge in [0.15, 0.2) is 5.82 Å². The van der Waals surface area contributed by atoms with Crippen LogP contribution < -0.4 is 14.8 Å². The highest BCUT2D eigenvalue weighted by atomic mass is 16.5. The minimum atomic E-state index is -0.526. The highest BCUT2D eigenvalue weighted by Gasteiger charge is 2.52. The van der Waals surface area contributed by atoms with Gasteiger partial charge in [0.1, 0.15) is 23.0 Å². The second-order valence-electron chi connectivity index (χ2n) is 10.4. The first kappa shape index (κ1) is 21.1. The molecular weight excluding hydrogens is 460 g/mol. The van der Waals surface area contributed by atoms with E-state index < -0.39 is 5.41 Å². The van der Waals surface area contributed by atoms with Crippen molar-refractivity contribution in [3.63, 3.8) is 0 Å². The molecule has 3 aromatic carbocycles. The van der Waals surface area contributed by atoms with Gasteiger partial charge in [-0.2, -0.15) is 0 Å². The molecule has 0 saturated carbocycles. The van der Waals surface area contributed by atoms with Gasteiger partial charge in [-0.05, 0) is 43.1 Å². The minimum Gasteiger partial charge on any atom is -0.461 e. The van der Waals surface area contributed by atoms with Gasteiger partial charge in [0.05, 0.1) is 5.41 Å². The van der Waals surface area contributed by atoms with Crippen molar-refractivity contribution >= 4 is 0 Å². The summed E-state index contributed by atoms with van der Waals surface area (Å²) in [4.78, 5) is 0. The highest BCUT2D eigenvalue weighted by Crippen LogP contribution is 2.61. The van der Waals surface area contributed by atoms with Crippen LogP contribution in [0.3, 0.4) is 0 Å². The Labute approximate surface area is 215 Å². The van der Waals surface area contributed by atoms with E-state index in [0.717, 1.165) is 64.9 Å². The molecule has 8 rings (SSSR count). The van der Waals surface area contributed by atoms with E-state index in [1.54, 1.807) is 0 Å². The van der Waals surface area contributed by atoms with Gasteiger partial charge >= 0.3 is 0 Å². The van der Waals surface area contributed by atoms with E-state index in [4.69, 9.17) is 9.47 Å². The zero-order valence-corrected chi connectivity index (χ0v) is 20.5. The lowest BCUT2D eigenvalue weighted by Gasteiger charge is -2.46. The smallest absolute Gasteiger partial charge is 0.151 e. The number of nitrogens with one attached hydrogen (secondary N) is 3. The third-order valence-electron chi connectivity index (χ3n) is 8.47. The second-order valence-corrected chi connectivity index (χ2v) is 10.4. The van der Waals surface area contributed by atoms with Crippen LogP contribution in [0.5, 0.6) is 17.2 Å². The highest BCUT2D eigenvalue weighted by molar-refractivity contribution is 5.74. The zero-order valence-electron chi connectivity index (χ0n) is 20.5. The molecule has 6 heteroatoms. The summed E-state index contributed by atoms with van der Waals surface area (Å²) < 4.78 is 13.3. The summed E-state index contributed by atoms with van der Waals surface area (Å²) in [5, 5.41) is 13.9. The fraction of sp³-hybridized carbons (Fsp3) is 0.258. The first-order chi connectivity index (χ1) is 18.3. The largest absolute Gasteiger partial charge is 0.461 e. The lowest BCUT2D eigenvalue weighted by atomic mass is 9.60. The Kier molecular flexibility index (Phi) is 4.55. The number of H-pyrrole nitrogens is 2. The number of hydrogen-bond acceptors (Lipinski definition) is 4. The molecule has 0 radical (unpaired) electrons. The quantitative estimate of drug-likeness (QED) is 0.306. The average Bonchev–Trinajstić information content (AvgIpc) is 2.92. The Morgan fingerprint density at radius 1 is 0.838 bits per heavy atom. The Bertz CT molecular complexity index is 1560. The molecule has 3 atom stereocenters. The van der Waals surface area contributed by atoms with E-state index in [2.05, 4.69) is 99.6 Å². The first-order valence-electron chi connectivity index (χ1n) is 13.3. The van der Waals surface area contributed by atoms with Gasteiger partial charge in [0.2, 0.25) is 0 Å². The molecule has 1 fully saturated rings. The molecule has 1 aromatic heterocycles. The van der Waals surface area contributed by atoms with Gasteiger partial charge in [-0.15, -0.1) is 5.10 Å². The Balaban J connectivity index is 1.38. The number of ether oxygens (including phenoxy) is 2. The van der Waals surface area contributed by atoms with E-state index in [-0.39, 0.29) is 5.92 Å². The summed E-state index contributed by atoms with van der Waals surface area (Å²) in [6, 6.07) is 24.2. The van der Waals surface area contributed by atoms with Crippen molar-refractivity contribution in [2.75, 3.05) is 6.54 Å². The van der Waals surface area contributed by atoms with Crippen LogP contribution in [-0.2, 0) is 5.41 Å². The summed E-state index contributed by atoms with van der Waals surface area (Å²) in [5.41, 5.74) is 5.41. The number of para-hydroxylation sites is 2. The van der Waals surface area contributed by atoms with Crippen LogP contribution in [0.15, 0.2) is 90.2 Å². The average molecular weight is 489 g/mol. The molecule has 0 bridgehead atoms. The molecule has 1 aliphatic carbocycles. The van der Waals surface area contributed by atoms with Crippen LogP contribution >= 0.6 is 0 Å². The lowest BCUT2D eigenvalue weighted by molar-refractivity contribution is 0.341. The van der Waals surface area contributed by atoms with Gasteiger partial charge in [0.25, 0.3) is 0 Å². The van der Waals surface area contributed by atoms with E-state index in [0.29, 0.717) is 6.04 Å². The number of allylic oxidation sites excluding steroid dienone is 4. The Hall–Kier alpha value is -4.03. The van der Waals surface area contributed by atoms with Crippen molar-refractivity contribution in [1.82, 2.24) is 20.7 Å². The van der Waals surface area contributed by atoms with E-state index in [1.807, 2.05) is 0 Å². The maximum atomic E-state index is 6.66. The molecule has 6 nitrogen and oxygen atoms in total. The van der Waals surface area contributed by atoms with Crippen molar-refractivity contribution in [1.29, 1.82) is 0 Å². The molecule has 4 aliphatic rings. The van der Waals surface area contributed by atoms with E-state index >= 15 is 0 Å². The molecule has 3 N–H and O–H groups in total. The van der Waals surface area contributed by atoms with Crippen LogP contribution in [0.4, 0.5) is 0 Å². The zero-order chi connectivity index (χ0) is 24.4. The number of piperidine rings is 1. The molecule has 3 aliphatic heterocycles. The maximum Gasteiger partial charge on any atom is 0.151 e. The standard InChI is InChI=1S/C31H28N4O2/c1-3-10-26-21(7-1)31(23-14-12-19(17-28(23)36-26)25-9-5-6-16-32-25)22-8-2-4-11-27(22)37-29-18-20(13-15-24(29)31)30-33-35-34-30/h1-4,7-8,10-15,17,20,25,32,35H,5-6,9,16,18H2,(H,33,34). The SMILES string of the molecule is C1=CC(c2n[nH][nH]2)CC2=C1C1(c3ccccc3O2)c2ccccc2Oc2cc(C3CCCCN3)ccc21. The predicted octanol–water partition coefficient (Wildman–Crippen LogP) is 6.38. The molecule has 4 aromatic rings. The molecule has 4 heterocycles. The summed E-state index contributed by atoms with van der Waals surface area (Å²) >= 11 is 0. The predicted molar refractivity (Wildman–Crippen MR) is 141 cm³/mol. The van der Waals surface area contributed by atoms with Gasteiger partial charge in [-0.1, -0.05) is 67.1 Å². The van der Waals surface area contributed by atoms with E-state index in [1.165, 1.54) is 24.0 Å². The van der Waals surface area contributed by atoms with Crippen LogP contribution in [-0.4, -0.2) is 22.0 Å². The number of aromatic amines is 2. The number of fused-ring (bicyclic) bond motifs is 7. The van der Waals surface area contributed by atoms with Gasteiger partial charge in [-0.3, -0.25) is 5.10 Å². The van der Waals surface area contributed by atoms with Crippen molar-refractivity contribution in [3.05, 3.63) is 118 Å². The topological polar surface area (TPSA) is 75.0 Å². The number of aromatic nitrogens is 3. The van der Waals surface area contributed by atoms with Crippen molar-refractivity contribution < 1.29 is 9.47 Å². The molecule has 184 valence electrons. The number of nitrogens with zero attached hydrogens (tertiary/aromatic N) is 1. The monoisotopic (exact) mass is 488 g/mol. The number of hydrogen-bond donors (Lipinski definition) is 3. The van der Waals surface area contributed by atoms with Crippen LogP contribution in [0, 0.1) is 0 Å². The molecule has 1 spiro atoms. The summed E-state index contributed by atoms with van der Waals surface area (Å²) in [6.45, 7) is 1.07. The minimum absolute atomic E-state index is 0.150. The molecular formula is C31H28N4O2. The third-order valence-corrected chi connectivity index (χ3v) is 8.47.